The molecule has 1 aliphatic heterocycles. The van der Waals surface area contributed by atoms with E-state index in [9.17, 15) is 9.59 Å². The molecule has 0 bridgehead atoms. The Hall–Kier alpha value is -3.35. The molecule has 1 unspecified atom stereocenters. The van der Waals surface area contributed by atoms with Crippen LogP contribution in [-0.4, -0.2) is 38.3 Å². The van der Waals surface area contributed by atoms with Crippen LogP contribution < -0.4 is 9.47 Å². The normalized spacial score (nSPS) is 22.2. The molecule has 0 amide bonds. The molecule has 3 atom stereocenters. The quantitative estimate of drug-likeness (QED) is 0.527. The van der Waals surface area contributed by atoms with Gasteiger partial charge in [-0.2, -0.15) is 0 Å². The van der Waals surface area contributed by atoms with Crippen LogP contribution in [0.3, 0.4) is 0 Å². The number of furan rings is 1. The summed E-state index contributed by atoms with van der Waals surface area (Å²) in [6, 6.07) is 9.43. The topological polar surface area (TPSA) is 87.3 Å². The van der Waals surface area contributed by atoms with Crippen molar-refractivity contribution in [2.45, 2.75) is 51.9 Å². The van der Waals surface area contributed by atoms with Gasteiger partial charge in [0.2, 0.25) is 0 Å². The lowest BCUT2D eigenvalue weighted by molar-refractivity contribution is -0.146. The summed E-state index contributed by atoms with van der Waals surface area (Å²) in [6.45, 7) is 5.95. The van der Waals surface area contributed by atoms with Gasteiger partial charge in [0.05, 0.1) is 26.7 Å². The fraction of sp³-hybridized carbons (Fsp3) is 0.444. The number of aliphatic imine (C=N–C) groups is 1. The number of carbonyl (C=O) groups excluding carboxylic acids is 2. The van der Waals surface area contributed by atoms with E-state index in [0.717, 1.165) is 17.7 Å². The molecule has 34 heavy (non-hydrogen) atoms. The van der Waals surface area contributed by atoms with Crippen molar-refractivity contribution in [1.82, 2.24) is 0 Å². The SMILES string of the molecule is CCCOC(=O)C1C(C)=NC2=C(C(=O)C[C@@H](c3ccc(OC)c(OC)c3)C2)[C@H]1c1ccc(C)o1. The first-order valence-corrected chi connectivity index (χ1v) is 11.6. The second-order valence-electron chi connectivity index (χ2n) is 8.83. The van der Waals surface area contributed by atoms with E-state index in [1.807, 2.05) is 51.1 Å². The summed E-state index contributed by atoms with van der Waals surface area (Å²) in [4.78, 5) is 31.4. The van der Waals surface area contributed by atoms with Crippen molar-refractivity contribution in [3.63, 3.8) is 0 Å². The molecule has 2 heterocycles. The number of rotatable bonds is 7. The van der Waals surface area contributed by atoms with E-state index in [0.29, 0.717) is 53.7 Å². The Morgan fingerprint density at radius 3 is 2.50 bits per heavy atom. The van der Waals surface area contributed by atoms with Gasteiger partial charge in [0.25, 0.3) is 0 Å². The highest BCUT2D eigenvalue weighted by Gasteiger charge is 2.46. The van der Waals surface area contributed by atoms with Crippen molar-refractivity contribution >= 4 is 17.5 Å². The number of hydrogen-bond acceptors (Lipinski definition) is 7. The van der Waals surface area contributed by atoms with Gasteiger partial charge in [-0.05, 0) is 62.4 Å². The first-order chi connectivity index (χ1) is 16.4. The number of ketones is 1. The molecule has 4 rings (SSSR count). The second kappa shape index (κ2) is 9.87. The Balaban J connectivity index is 1.74. The zero-order chi connectivity index (χ0) is 24.4. The van der Waals surface area contributed by atoms with Crippen LogP contribution in [0.1, 0.15) is 62.0 Å². The van der Waals surface area contributed by atoms with E-state index in [2.05, 4.69) is 0 Å². The molecule has 0 N–H and O–H groups in total. The summed E-state index contributed by atoms with van der Waals surface area (Å²) in [7, 11) is 3.19. The summed E-state index contributed by atoms with van der Waals surface area (Å²) in [5, 5.41) is 0. The van der Waals surface area contributed by atoms with E-state index < -0.39 is 11.8 Å². The molecular weight excluding hydrogens is 434 g/mol. The van der Waals surface area contributed by atoms with Gasteiger partial charge in [0, 0.05) is 23.4 Å². The van der Waals surface area contributed by atoms with Crippen LogP contribution in [0.2, 0.25) is 0 Å². The van der Waals surface area contributed by atoms with Crippen LogP contribution in [0, 0.1) is 12.8 Å². The zero-order valence-corrected chi connectivity index (χ0v) is 20.3. The maximum absolute atomic E-state index is 13.6. The lowest BCUT2D eigenvalue weighted by Gasteiger charge is -2.35. The van der Waals surface area contributed by atoms with Gasteiger partial charge >= 0.3 is 5.97 Å². The zero-order valence-electron chi connectivity index (χ0n) is 20.3. The number of carbonyl (C=O) groups is 2. The standard InChI is InChI=1S/C27H31NO6/c1-6-11-33-27(30)24-16(3)28-19-12-18(17-8-10-21(31-4)23(14-17)32-5)13-20(29)25(19)26(24)22-9-7-15(2)34-22/h7-10,14,18,24,26H,6,11-13H2,1-5H3/t18-,24?,26-/m0/s1. The molecule has 1 aliphatic carbocycles. The van der Waals surface area contributed by atoms with Crippen molar-refractivity contribution in [1.29, 1.82) is 0 Å². The number of hydrogen-bond donors (Lipinski definition) is 0. The van der Waals surface area contributed by atoms with Gasteiger partial charge in [-0.25, -0.2) is 0 Å². The Morgan fingerprint density at radius 2 is 1.85 bits per heavy atom. The largest absolute Gasteiger partial charge is 0.493 e. The number of ether oxygens (including phenoxy) is 3. The molecule has 0 radical (unpaired) electrons. The Labute approximate surface area is 199 Å². The molecule has 7 heteroatoms. The van der Waals surface area contributed by atoms with Gasteiger partial charge in [-0.3, -0.25) is 14.6 Å². The van der Waals surface area contributed by atoms with Crippen LogP contribution in [0.25, 0.3) is 0 Å². The molecule has 7 nitrogen and oxygen atoms in total. The Morgan fingerprint density at radius 1 is 1.09 bits per heavy atom. The highest BCUT2D eigenvalue weighted by atomic mass is 16.5. The summed E-state index contributed by atoms with van der Waals surface area (Å²) >= 11 is 0. The van der Waals surface area contributed by atoms with E-state index in [1.54, 1.807) is 14.2 Å². The lowest BCUT2D eigenvalue weighted by Crippen LogP contribution is -2.38. The average Bonchev–Trinajstić information content (AvgIpc) is 3.26. The molecule has 0 spiro atoms. The molecule has 180 valence electrons. The first-order valence-electron chi connectivity index (χ1n) is 11.6. The summed E-state index contributed by atoms with van der Waals surface area (Å²) in [6.07, 6.45) is 1.62. The van der Waals surface area contributed by atoms with Crippen molar-refractivity contribution in [2.24, 2.45) is 10.9 Å². The first kappa shape index (κ1) is 23.8. The molecule has 0 fully saturated rings. The summed E-state index contributed by atoms with van der Waals surface area (Å²) in [5.74, 6) is 0.917. The van der Waals surface area contributed by atoms with Crippen LogP contribution >= 0.6 is 0 Å². The van der Waals surface area contributed by atoms with Crippen molar-refractivity contribution in [2.75, 3.05) is 20.8 Å². The van der Waals surface area contributed by atoms with E-state index in [-0.39, 0.29) is 17.7 Å². The number of aryl methyl sites for hydroxylation is 1. The smallest absolute Gasteiger partial charge is 0.315 e. The number of benzene rings is 1. The van der Waals surface area contributed by atoms with Crippen molar-refractivity contribution in [3.8, 4) is 11.5 Å². The fourth-order valence-electron chi connectivity index (χ4n) is 4.93. The van der Waals surface area contributed by atoms with Crippen molar-refractivity contribution in [3.05, 3.63) is 58.7 Å². The number of esters is 1. The van der Waals surface area contributed by atoms with E-state index in [4.69, 9.17) is 23.6 Å². The van der Waals surface area contributed by atoms with Crippen LogP contribution in [0.4, 0.5) is 0 Å². The van der Waals surface area contributed by atoms with Gasteiger partial charge in [-0.1, -0.05) is 13.0 Å². The lowest BCUT2D eigenvalue weighted by atomic mass is 9.70. The number of allylic oxidation sites excluding steroid dienone is 2. The monoisotopic (exact) mass is 465 g/mol. The predicted octanol–water partition coefficient (Wildman–Crippen LogP) is 5.13. The predicted molar refractivity (Wildman–Crippen MR) is 128 cm³/mol. The van der Waals surface area contributed by atoms with Gasteiger partial charge < -0.3 is 18.6 Å². The van der Waals surface area contributed by atoms with Crippen LogP contribution in [0.15, 0.2) is 51.0 Å². The molecule has 0 saturated heterocycles. The third kappa shape index (κ3) is 4.39. The third-order valence-electron chi connectivity index (χ3n) is 6.54. The number of methoxy groups -OCH3 is 2. The molecule has 1 aromatic heterocycles. The van der Waals surface area contributed by atoms with Gasteiger partial charge in [0.15, 0.2) is 17.3 Å². The maximum atomic E-state index is 13.6. The molecule has 1 aromatic carbocycles. The molecular formula is C27H31NO6. The summed E-state index contributed by atoms with van der Waals surface area (Å²) < 4.78 is 22.2. The number of nitrogens with zero attached hydrogens (tertiary/aromatic N) is 1. The molecule has 0 saturated carbocycles. The fourth-order valence-corrected chi connectivity index (χ4v) is 4.93. The number of Topliss-reactive ketones (excluding diaryl/α,β-unsaturated/α-hetero) is 1. The van der Waals surface area contributed by atoms with Gasteiger partial charge in [-0.15, -0.1) is 0 Å². The Kier molecular flexibility index (Phi) is 6.91. The van der Waals surface area contributed by atoms with Gasteiger partial charge in [0.1, 0.15) is 17.4 Å². The summed E-state index contributed by atoms with van der Waals surface area (Å²) in [5.41, 5.74) is 2.90. The average molecular weight is 466 g/mol. The van der Waals surface area contributed by atoms with E-state index >= 15 is 0 Å². The van der Waals surface area contributed by atoms with Crippen LogP contribution in [0.5, 0.6) is 11.5 Å². The highest BCUT2D eigenvalue weighted by Crippen LogP contribution is 2.47. The highest BCUT2D eigenvalue weighted by molar-refractivity contribution is 6.09. The maximum Gasteiger partial charge on any atom is 0.315 e. The third-order valence-corrected chi connectivity index (χ3v) is 6.54. The molecule has 2 aromatic rings. The van der Waals surface area contributed by atoms with E-state index in [1.165, 1.54) is 0 Å². The van der Waals surface area contributed by atoms with Crippen molar-refractivity contribution < 1.29 is 28.2 Å². The minimum Gasteiger partial charge on any atom is -0.493 e. The molecule has 2 aliphatic rings. The second-order valence-corrected chi connectivity index (χ2v) is 8.83. The van der Waals surface area contributed by atoms with Crippen LogP contribution in [-0.2, 0) is 14.3 Å². The minimum absolute atomic E-state index is 0.0235. The Bertz CT molecular complexity index is 1160. The minimum atomic E-state index is -0.683.